The van der Waals surface area contributed by atoms with E-state index in [4.69, 9.17) is 16.3 Å². The number of carbonyl (C=O) groups excluding carboxylic acids is 1. The fourth-order valence-corrected chi connectivity index (χ4v) is 3.46. The number of benzene rings is 1. The number of carbonyl (C=O) groups is 1. The highest BCUT2D eigenvalue weighted by atomic mass is 35.5. The second kappa shape index (κ2) is 8.73. The van der Waals surface area contributed by atoms with Gasteiger partial charge in [-0.2, -0.15) is 0 Å². The predicted octanol–water partition coefficient (Wildman–Crippen LogP) is 4.17. The maximum Gasteiger partial charge on any atom is 0.324 e. The maximum absolute atomic E-state index is 13.5. The van der Waals surface area contributed by atoms with Gasteiger partial charge < -0.3 is 9.64 Å². The molecule has 0 aliphatic carbocycles. The number of morpholine rings is 1. The van der Waals surface area contributed by atoms with Gasteiger partial charge in [-0.15, -0.1) is 0 Å². The van der Waals surface area contributed by atoms with Crippen molar-refractivity contribution in [1.82, 2.24) is 19.9 Å². The Balaban J connectivity index is 1.73. The Hall–Kier alpha value is -3.10. The molecule has 1 aliphatic rings. The molecule has 2 amide bonds. The van der Waals surface area contributed by atoms with Crippen molar-refractivity contribution in [2.75, 3.05) is 31.6 Å². The number of urea groups is 1. The summed E-state index contributed by atoms with van der Waals surface area (Å²) in [4.78, 5) is 27.2. The molecule has 0 unspecified atom stereocenters. The van der Waals surface area contributed by atoms with Gasteiger partial charge in [-0.05, 0) is 48.9 Å². The van der Waals surface area contributed by atoms with Gasteiger partial charge in [0.15, 0.2) is 0 Å². The van der Waals surface area contributed by atoms with Crippen molar-refractivity contribution in [2.24, 2.45) is 0 Å². The van der Waals surface area contributed by atoms with Gasteiger partial charge in [-0.3, -0.25) is 5.32 Å². The van der Waals surface area contributed by atoms with E-state index in [1.165, 1.54) is 12.1 Å². The zero-order valence-corrected chi connectivity index (χ0v) is 17.0. The maximum atomic E-state index is 13.5. The van der Waals surface area contributed by atoms with Gasteiger partial charge in [-0.25, -0.2) is 24.1 Å². The number of halogens is 2. The van der Waals surface area contributed by atoms with Crippen molar-refractivity contribution < 1.29 is 13.9 Å². The minimum atomic E-state index is -0.349. The Morgan fingerprint density at radius 2 is 1.87 bits per heavy atom. The minimum absolute atomic E-state index is 0.159. The highest BCUT2D eigenvalue weighted by Crippen LogP contribution is 2.32. The van der Waals surface area contributed by atoms with E-state index in [1.54, 1.807) is 29.3 Å². The first-order valence-electron chi connectivity index (χ1n) is 9.41. The molecule has 0 saturated carbocycles. The third-order valence-corrected chi connectivity index (χ3v) is 4.85. The molecule has 1 saturated heterocycles. The molecule has 3 heterocycles. The van der Waals surface area contributed by atoms with Crippen LogP contribution in [0.5, 0.6) is 0 Å². The van der Waals surface area contributed by atoms with E-state index < -0.39 is 0 Å². The second-order valence-electron chi connectivity index (χ2n) is 6.81. The first-order chi connectivity index (χ1) is 14.5. The molecule has 0 atom stereocenters. The molecule has 1 N–H and O–H groups in total. The topological polar surface area (TPSA) is 80.2 Å². The van der Waals surface area contributed by atoms with Gasteiger partial charge in [0.05, 0.1) is 18.9 Å². The molecular formula is C21H19ClFN5O2. The molecule has 9 heteroatoms. The van der Waals surface area contributed by atoms with E-state index >= 15 is 0 Å². The highest BCUT2D eigenvalue weighted by Gasteiger charge is 2.19. The lowest BCUT2D eigenvalue weighted by molar-refractivity contribution is 0.0564. The summed E-state index contributed by atoms with van der Waals surface area (Å²) in [7, 11) is 0. The van der Waals surface area contributed by atoms with E-state index in [0.717, 1.165) is 11.3 Å². The third kappa shape index (κ3) is 4.55. The summed E-state index contributed by atoms with van der Waals surface area (Å²) in [5.74, 6) is -0.190. The average molecular weight is 428 g/mol. The lowest BCUT2D eigenvalue weighted by Crippen LogP contribution is -2.43. The van der Waals surface area contributed by atoms with Gasteiger partial charge in [0.1, 0.15) is 11.0 Å². The number of aromatic nitrogens is 3. The van der Waals surface area contributed by atoms with E-state index in [-0.39, 0.29) is 17.8 Å². The predicted molar refractivity (Wildman–Crippen MR) is 112 cm³/mol. The Bertz CT molecular complexity index is 1050. The molecule has 0 bridgehead atoms. The number of nitrogens with zero attached hydrogens (tertiary/aromatic N) is 4. The number of rotatable bonds is 3. The van der Waals surface area contributed by atoms with Crippen LogP contribution in [-0.2, 0) is 4.74 Å². The van der Waals surface area contributed by atoms with E-state index in [0.29, 0.717) is 48.3 Å². The van der Waals surface area contributed by atoms with Crippen LogP contribution in [0.4, 0.5) is 15.1 Å². The molecule has 0 radical (unpaired) electrons. The molecular weight excluding hydrogens is 409 g/mol. The number of nitrogens with one attached hydrogen (secondary N) is 1. The van der Waals surface area contributed by atoms with E-state index in [2.05, 4.69) is 20.3 Å². The molecule has 1 aromatic carbocycles. The summed E-state index contributed by atoms with van der Waals surface area (Å²) in [6.07, 6.45) is 1.62. The molecule has 1 aliphatic heterocycles. The monoisotopic (exact) mass is 427 g/mol. The van der Waals surface area contributed by atoms with Crippen LogP contribution in [0.25, 0.3) is 22.4 Å². The van der Waals surface area contributed by atoms with Gasteiger partial charge in [0.25, 0.3) is 0 Å². The highest BCUT2D eigenvalue weighted by molar-refractivity contribution is 6.29. The summed E-state index contributed by atoms with van der Waals surface area (Å²) in [5.41, 5.74) is 3.44. The second-order valence-corrected chi connectivity index (χ2v) is 7.20. The Labute approximate surface area is 177 Å². The normalized spacial score (nSPS) is 13.9. The molecule has 0 spiro atoms. The van der Waals surface area contributed by atoms with E-state index in [9.17, 15) is 9.18 Å². The van der Waals surface area contributed by atoms with Crippen LogP contribution in [0.1, 0.15) is 5.69 Å². The van der Waals surface area contributed by atoms with Crippen LogP contribution in [0, 0.1) is 12.7 Å². The summed E-state index contributed by atoms with van der Waals surface area (Å²) >= 11 is 6.13. The van der Waals surface area contributed by atoms with Crippen molar-refractivity contribution in [3.05, 3.63) is 59.3 Å². The first kappa shape index (κ1) is 20.2. The van der Waals surface area contributed by atoms with Crippen LogP contribution in [0.15, 0.2) is 42.6 Å². The minimum Gasteiger partial charge on any atom is -0.378 e. The summed E-state index contributed by atoms with van der Waals surface area (Å²) in [6.45, 7) is 3.84. The van der Waals surface area contributed by atoms with Crippen molar-refractivity contribution in [1.29, 1.82) is 0 Å². The zero-order chi connectivity index (χ0) is 21.1. The van der Waals surface area contributed by atoms with Gasteiger partial charge in [0.2, 0.25) is 5.95 Å². The number of amides is 2. The van der Waals surface area contributed by atoms with Crippen LogP contribution in [0.3, 0.4) is 0 Å². The van der Waals surface area contributed by atoms with Crippen molar-refractivity contribution >= 4 is 23.6 Å². The average Bonchev–Trinajstić information content (AvgIpc) is 2.74. The lowest BCUT2D eigenvalue weighted by atomic mass is 10.0. The fraction of sp³-hybridized carbons (Fsp3) is 0.238. The van der Waals surface area contributed by atoms with Crippen LogP contribution < -0.4 is 5.32 Å². The Kier molecular flexibility index (Phi) is 5.87. The number of ether oxygens (including phenoxy) is 1. The number of anilines is 1. The number of hydrogen-bond acceptors (Lipinski definition) is 5. The third-order valence-electron chi connectivity index (χ3n) is 4.66. The van der Waals surface area contributed by atoms with Crippen LogP contribution in [0.2, 0.25) is 5.15 Å². The van der Waals surface area contributed by atoms with Gasteiger partial charge in [0, 0.05) is 36.1 Å². The molecule has 3 aromatic rings. The first-order valence-corrected chi connectivity index (χ1v) is 9.78. The number of hydrogen-bond donors (Lipinski definition) is 1. The molecule has 7 nitrogen and oxygen atoms in total. The van der Waals surface area contributed by atoms with Crippen molar-refractivity contribution in [3.63, 3.8) is 0 Å². The van der Waals surface area contributed by atoms with Gasteiger partial charge >= 0.3 is 6.03 Å². The molecule has 30 heavy (non-hydrogen) atoms. The SMILES string of the molecule is Cc1cc(-c2cnc(NC(=O)N3CCOCC3)nc2-c2ccc(F)cc2)cc(Cl)n1. The largest absolute Gasteiger partial charge is 0.378 e. The summed E-state index contributed by atoms with van der Waals surface area (Å²) < 4.78 is 18.7. The molecule has 1 fully saturated rings. The molecule has 2 aromatic heterocycles. The Morgan fingerprint density at radius 3 is 2.57 bits per heavy atom. The molecule has 4 rings (SSSR count). The fourth-order valence-electron chi connectivity index (χ4n) is 3.21. The standard InChI is InChI=1S/C21H19ClFN5O2/c1-13-10-15(11-18(22)25-13)17-12-24-20(27-21(29)28-6-8-30-9-7-28)26-19(17)14-2-4-16(23)5-3-14/h2-5,10-12H,6-9H2,1H3,(H,24,26,27,29). The number of pyridine rings is 1. The van der Waals surface area contributed by atoms with Crippen molar-refractivity contribution in [2.45, 2.75) is 6.92 Å². The summed E-state index contributed by atoms with van der Waals surface area (Å²) in [5, 5.41) is 3.08. The molecule has 154 valence electrons. The Morgan fingerprint density at radius 1 is 1.13 bits per heavy atom. The summed E-state index contributed by atoms with van der Waals surface area (Å²) in [6, 6.07) is 9.26. The smallest absolute Gasteiger partial charge is 0.324 e. The van der Waals surface area contributed by atoms with E-state index in [1.807, 2.05) is 13.0 Å². The van der Waals surface area contributed by atoms with Gasteiger partial charge in [-0.1, -0.05) is 11.6 Å². The zero-order valence-electron chi connectivity index (χ0n) is 16.2. The number of aryl methyl sites for hydroxylation is 1. The van der Waals surface area contributed by atoms with Crippen LogP contribution in [-0.4, -0.2) is 52.2 Å². The lowest BCUT2D eigenvalue weighted by Gasteiger charge is -2.26. The van der Waals surface area contributed by atoms with Crippen molar-refractivity contribution in [3.8, 4) is 22.4 Å². The van der Waals surface area contributed by atoms with Crippen LogP contribution >= 0.6 is 11.6 Å². The quantitative estimate of drug-likeness (QED) is 0.634.